The number of rotatable bonds is 5. The van der Waals surface area contributed by atoms with Gasteiger partial charge in [-0.2, -0.15) is 5.10 Å². The molecule has 1 aromatic heterocycles. The van der Waals surface area contributed by atoms with Gasteiger partial charge in [-0.25, -0.2) is 0 Å². The van der Waals surface area contributed by atoms with Gasteiger partial charge in [0.2, 0.25) is 0 Å². The molecule has 2 aromatic rings. The van der Waals surface area contributed by atoms with Gasteiger partial charge in [0.05, 0.1) is 6.20 Å². The van der Waals surface area contributed by atoms with E-state index in [2.05, 4.69) is 41.6 Å². The quantitative estimate of drug-likeness (QED) is 0.795. The van der Waals surface area contributed by atoms with E-state index in [9.17, 15) is 0 Å². The molecule has 0 amide bonds. The van der Waals surface area contributed by atoms with E-state index < -0.39 is 0 Å². The summed E-state index contributed by atoms with van der Waals surface area (Å²) < 4.78 is 1.83. The van der Waals surface area contributed by atoms with Gasteiger partial charge in [0, 0.05) is 25.4 Å². The van der Waals surface area contributed by atoms with Crippen LogP contribution in [-0.4, -0.2) is 16.3 Å². The van der Waals surface area contributed by atoms with Crippen molar-refractivity contribution in [3.05, 3.63) is 53.3 Å². The van der Waals surface area contributed by atoms with Crippen molar-refractivity contribution in [3.8, 4) is 0 Å². The van der Waals surface area contributed by atoms with Crippen LogP contribution >= 0.6 is 0 Å². The normalized spacial score (nSPS) is 10.7. The van der Waals surface area contributed by atoms with Gasteiger partial charge in [0.25, 0.3) is 0 Å². The van der Waals surface area contributed by atoms with Gasteiger partial charge < -0.3 is 5.32 Å². The van der Waals surface area contributed by atoms with Crippen LogP contribution < -0.4 is 5.32 Å². The maximum Gasteiger partial charge on any atom is 0.0534 e. The first-order valence-electron chi connectivity index (χ1n) is 5.98. The Morgan fingerprint density at radius 3 is 2.82 bits per heavy atom. The van der Waals surface area contributed by atoms with Crippen LogP contribution in [0.2, 0.25) is 0 Å². The largest absolute Gasteiger partial charge is 0.312 e. The first-order chi connectivity index (χ1) is 8.25. The van der Waals surface area contributed by atoms with E-state index in [1.54, 1.807) is 0 Å². The average molecular weight is 229 g/mol. The summed E-state index contributed by atoms with van der Waals surface area (Å²) >= 11 is 0. The zero-order valence-corrected chi connectivity index (χ0v) is 10.5. The van der Waals surface area contributed by atoms with Crippen molar-refractivity contribution in [2.24, 2.45) is 7.05 Å². The van der Waals surface area contributed by atoms with E-state index in [0.29, 0.717) is 0 Å². The molecule has 0 radical (unpaired) electrons. The molecule has 0 aliphatic carbocycles. The topological polar surface area (TPSA) is 29.9 Å². The summed E-state index contributed by atoms with van der Waals surface area (Å²) in [5, 5.41) is 7.58. The second-order valence-electron chi connectivity index (χ2n) is 4.38. The lowest BCUT2D eigenvalue weighted by atomic mass is 10.1. The van der Waals surface area contributed by atoms with E-state index in [0.717, 1.165) is 19.5 Å². The summed E-state index contributed by atoms with van der Waals surface area (Å²) in [5.74, 6) is 0. The predicted octanol–water partition coefficient (Wildman–Crippen LogP) is 2.06. The van der Waals surface area contributed by atoms with Crippen LogP contribution in [0.5, 0.6) is 0 Å². The molecule has 3 heteroatoms. The molecule has 0 spiro atoms. The summed E-state index contributed by atoms with van der Waals surface area (Å²) in [5.41, 5.74) is 4.03. The van der Waals surface area contributed by atoms with Crippen LogP contribution in [0.4, 0.5) is 0 Å². The molecule has 0 bridgehead atoms. The van der Waals surface area contributed by atoms with Crippen LogP contribution in [0.15, 0.2) is 36.7 Å². The molecular weight excluding hydrogens is 210 g/mol. The number of hydrogen-bond acceptors (Lipinski definition) is 2. The fraction of sp³-hybridized carbons (Fsp3) is 0.357. The summed E-state index contributed by atoms with van der Waals surface area (Å²) in [6.07, 6.45) is 5.02. The molecule has 0 atom stereocenters. The molecule has 1 aromatic carbocycles. The summed E-state index contributed by atoms with van der Waals surface area (Å²) in [4.78, 5) is 0. The Labute approximate surface area is 102 Å². The van der Waals surface area contributed by atoms with Gasteiger partial charge in [-0.05, 0) is 31.0 Å². The van der Waals surface area contributed by atoms with E-state index in [4.69, 9.17) is 0 Å². The highest BCUT2D eigenvalue weighted by Gasteiger charge is 1.98. The first-order valence-corrected chi connectivity index (χ1v) is 5.98. The molecule has 90 valence electrons. The van der Waals surface area contributed by atoms with Crippen LogP contribution in [0, 0.1) is 6.92 Å². The monoisotopic (exact) mass is 229 g/mol. The zero-order valence-electron chi connectivity index (χ0n) is 10.5. The lowest BCUT2D eigenvalue weighted by Gasteiger charge is -2.06. The third kappa shape index (κ3) is 3.43. The minimum Gasteiger partial charge on any atom is -0.312 e. The maximum atomic E-state index is 4.14. The van der Waals surface area contributed by atoms with Crippen LogP contribution in [0.25, 0.3) is 0 Å². The van der Waals surface area contributed by atoms with Crippen molar-refractivity contribution in [2.75, 3.05) is 6.54 Å². The molecule has 0 saturated carbocycles. The van der Waals surface area contributed by atoms with Crippen molar-refractivity contribution in [2.45, 2.75) is 19.9 Å². The molecule has 0 unspecified atom stereocenters. The predicted molar refractivity (Wildman–Crippen MR) is 69.8 cm³/mol. The lowest BCUT2D eigenvalue weighted by molar-refractivity contribution is 0.684. The van der Waals surface area contributed by atoms with Crippen molar-refractivity contribution in [1.82, 2.24) is 15.1 Å². The minimum atomic E-state index is 0.889. The summed E-state index contributed by atoms with van der Waals surface area (Å²) in [6, 6.07) is 8.54. The second kappa shape index (κ2) is 5.64. The third-order valence-electron chi connectivity index (χ3n) is 2.92. The van der Waals surface area contributed by atoms with E-state index in [1.807, 2.05) is 24.1 Å². The maximum absolute atomic E-state index is 4.14. The van der Waals surface area contributed by atoms with Crippen molar-refractivity contribution in [3.63, 3.8) is 0 Å². The lowest BCUT2D eigenvalue weighted by Crippen LogP contribution is -2.16. The molecule has 1 N–H and O–H groups in total. The Morgan fingerprint density at radius 1 is 1.29 bits per heavy atom. The molecule has 0 aliphatic heterocycles. The second-order valence-corrected chi connectivity index (χ2v) is 4.38. The molecule has 1 heterocycles. The van der Waals surface area contributed by atoms with Gasteiger partial charge >= 0.3 is 0 Å². The van der Waals surface area contributed by atoms with Crippen LogP contribution in [0.3, 0.4) is 0 Å². The van der Waals surface area contributed by atoms with Crippen LogP contribution in [0.1, 0.15) is 16.7 Å². The van der Waals surface area contributed by atoms with Crippen molar-refractivity contribution in [1.29, 1.82) is 0 Å². The van der Waals surface area contributed by atoms with E-state index >= 15 is 0 Å². The number of nitrogens with one attached hydrogen (secondary N) is 1. The highest BCUT2D eigenvalue weighted by Crippen LogP contribution is 2.06. The standard InChI is InChI=1S/C14H19N3/c1-12-5-3-4-6-14(12)7-8-15-9-13-10-16-17(2)11-13/h3-6,10-11,15H,7-9H2,1-2H3. The summed E-state index contributed by atoms with van der Waals surface area (Å²) in [7, 11) is 1.94. The molecule has 0 fully saturated rings. The number of aryl methyl sites for hydroxylation is 2. The van der Waals surface area contributed by atoms with E-state index in [1.165, 1.54) is 16.7 Å². The average Bonchev–Trinajstić information content (AvgIpc) is 2.73. The van der Waals surface area contributed by atoms with Gasteiger partial charge in [0.1, 0.15) is 0 Å². The highest BCUT2D eigenvalue weighted by atomic mass is 15.2. The fourth-order valence-corrected chi connectivity index (χ4v) is 1.91. The summed E-state index contributed by atoms with van der Waals surface area (Å²) in [6.45, 7) is 4.05. The first kappa shape index (κ1) is 11.9. The Kier molecular flexibility index (Phi) is 3.94. The Hall–Kier alpha value is -1.61. The van der Waals surface area contributed by atoms with Gasteiger partial charge in [-0.3, -0.25) is 4.68 Å². The molecule has 3 nitrogen and oxygen atoms in total. The fourth-order valence-electron chi connectivity index (χ4n) is 1.91. The molecule has 17 heavy (non-hydrogen) atoms. The van der Waals surface area contributed by atoms with Gasteiger partial charge in [0.15, 0.2) is 0 Å². The number of nitrogens with zero attached hydrogens (tertiary/aromatic N) is 2. The third-order valence-corrected chi connectivity index (χ3v) is 2.92. The van der Waals surface area contributed by atoms with Gasteiger partial charge in [-0.15, -0.1) is 0 Å². The number of benzene rings is 1. The zero-order chi connectivity index (χ0) is 12.1. The smallest absolute Gasteiger partial charge is 0.0534 e. The Bertz CT molecular complexity index is 474. The Balaban J connectivity index is 1.75. The number of hydrogen-bond donors (Lipinski definition) is 1. The minimum absolute atomic E-state index is 0.889. The van der Waals surface area contributed by atoms with Gasteiger partial charge in [-0.1, -0.05) is 24.3 Å². The van der Waals surface area contributed by atoms with Crippen molar-refractivity contribution >= 4 is 0 Å². The SMILES string of the molecule is Cc1ccccc1CCNCc1cnn(C)c1. The molecule has 0 saturated heterocycles. The van der Waals surface area contributed by atoms with E-state index in [-0.39, 0.29) is 0 Å². The van der Waals surface area contributed by atoms with Crippen LogP contribution in [-0.2, 0) is 20.0 Å². The highest BCUT2D eigenvalue weighted by molar-refractivity contribution is 5.25. The molecule has 2 rings (SSSR count). The van der Waals surface area contributed by atoms with Crippen molar-refractivity contribution < 1.29 is 0 Å². The Morgan fingerprint density at radius 2 is 2.12 bits per heavy atom. The number of aromatic nitrogens is 2. The molecular formula is C14H19N3. The molecule has 0 aliphatic rings.